The van der Waals surface area contributed by atoms with Gasteiger partial charge >= 0.3 is 0 Å². The van der Waals surface area contributed by atoms with E-state index >= 15 is 0 Å². The molecule has 3 aromatic rings. The molecule has 0 fully saturated rings. The summed E-state index contributed by atoms with van der Waals surface area (Å²) < 4.78 is 0. The van der Waals surface area contributed by atoms with Gasteiger partial charge in [-0.1, -0.05) is 37.3 Å². The number of hydrogen-bond donors (Lipinski definition) is 2. The molecule has 0 bridgehead atoms. The SMILES string of the molecule is CCC(Nc1ccc2ccccc2c1)c1cnc[nH]1. The molecule has 0 saturated heterocycles. The van der Waals surface area contributed by atoms with E-state index in [0.717, 1.165) is 17.8 Å². The van der Waals surface area contributed by atoms with Gasteiger partial charge in [0.2, 0.25) is 0 Å². The maximum Gasteiger partial charge on any atom is 0.0922 e. The van der Waals surface area contributed by atoms with E-state index in [-0.39, 0.29) is 6.04 Å². The number of aromatic nitrogens is 2. The largest absolute Gasteiger partial charge is 0.377 e. The molecule has 0 aliphatic rings. The number of imidazole rings is 1. The number of rotatable bonds is 4. The Morgan fingerprint density at radius 2 is 2.00 bits per heavy atom. The first-order valence-corrected chi connectivity index (χ1v) is 6.60. The van der Waals surface area contributed by atoms with Gasteiger partial charge in [-0.05, 0) is 29.3 Å². The molecular weight excluding hydrogens is 234 g/mol. The minimum Gasteiger partial charge on any atom is -0.377 e. The van der Waals surface area contributed by atoms with Gasteiger partial charge in [-0.25, -0.2) is 4.98 Å². The summed E-state index contributed by atoms with van der Waals surface area (Å²) in [7, 11) is 0. The van der Waals surface area contributed by atoms with Crippen LogP contribution >= 0.6 is 0 Å². The first-order chi connectivity index (χ1) is 9.36. The van der Waals surface area contributed by atoms with Gasteiger partial charge in [0.05, 0.1) is 24.3 Å². The van der Waals surface area contributed by atoms with Gasteiger partial charge in [0.25, 0.3) is 0 Å². The topological polar surface area (TPSA) is 40.7 Å². The molecular formula is C16H17N3. The molecule has 3 rings (SSSR count). The fourth-order valence-electron chi connectivity index (χ4n) is 2.34. The fourth-order valence-corrected chi connectivity index (χ4v) is 2.34. The highest BCUT2D eigenvalue weighted by Gasteiger charge is 2.10. The first-order valence-electron chi connectivity index (χ1n) is 6.60. The maximum atomic E-state index is 4.09. The molecule has 0 radical (unpaired) electrons. The predicted octanol–water partition coefficient (Wildman–Crippen LogP) is 4.13. The van der Waals surface area contributed by atoms with E-state index in [1.54, 1.807) is 6.33 Å². The Labute approximate surface area is 112 Å². The lowest BCUT2D eigenvalue weighted by atomic mass is 10.1. The Hall–Kier alpha value is -2.29. The van der Waals surface area contributed by atoms with Gasteiger partial charge in [-0.15, -0.1) is 0 Å². The van der Waals surface area contributed by atoms with Crippen molar-refractivity contribution in [1.82, 2.24) is 9.97 Å². The highest BCUT2D eigenvalue weighted by molar-refractivity contribution is 5.85. The minimum atomic E-state index is 0.267. The van der Waals surface area contributed by atoms with Crippen molar-refractivity contribution in [3.05, 3.63) is 60.7 Å². The van der Waals surface area contributed by atoms with Crippen LogP contribution < -0.4 is 5.32 Å². The van der Waals surface area contributed by atoms with Gasteiger partial charge < -0.3 is 10.3 Å². The molecule has 2 aromatic carbocycles. The summed E-state index contributed by atoms with van der Waals surface area (Å²) in [6.45, 7) is 2.17. The number of H-pyrrole nitrogens is 1. The quantitative estimate of drug-likeness (QED) is 0.732. The molecule has 1 aromatic heterocycles. The Morgan fingerprint density at radius 1 is 1.16 bits per heavy atom. The normalized spacial score (nSPS) is 12.5. The molecule has 0 aliphatic carbocycles. The molecule has 0 aliphatic heterocycles. The van der Waals surface area contributed by atoms with Crippen LogP contribution in [0.2, 0.25) is 0 Å². The van der Waals surface area contributed by atoms with E-state index < -0.39 is 0 Å². The van der Waals surface area contributed by atoms with Gasteiger partial charge in [0.1, 0.15) is 0 Å². The number of anilines is 1. The summed E-state index contributed by atoms with van der Waals surface area (Å²) in [5.74, 6) is 0. The molecule has 96 valence electrons. The van der Waals surface area contributed by atoms with Crippen LogP contribution in [0.25, 0.3) is 10.8 Å². The Balaban J connectivity index is 1.88. The van der Waals surface area contributed by atoms with Crippen LogP contribution in [0.15, 0.2) is 55.0 Å². The first kappa shape index (κ1) is 11.8. The molecule has 19 heavy (non-hydrogen) atoms. The molecule has 0 amide bonds. The Bertz CT molecular complexity index is 659. The van der Waals surface area contributed by atoms with Crippen LogP contribution in [0.5, 0.6) is 0 Å². The Kier molecular flexibility index (Phi) is 3.19. The van der Waals surface area contributed by atoms with Gasteiger partial charge in [-0.2, -0.15) is 0 Å². The standard InChI is InChI=1S/C16H17N3/c1-2-15(16-10-17-11-18-16)19-14-8-7-12-5-3-4-6-13(12)9-14/h3-11,15,19H,2H2,1H3,(H,17,18). The smallest absolute Gasteiger partial charge is 0.0922 e. The average molecular weight is 251 g/mol. The predicted molar refractivity (Wildman–Crippen MR) is 79.2 cm³/mol. The van der Waals surface area contributed by atoms with Crippen LogP contribution in [-0.4, -0.2) is 9.97 Å². The van der Waals surface area contributed by atoms with Crippen LogP contribution in [0.4, 0.5) is 5.69 Å². The zero-order valence-electron chi connectivity index (χ0n) is 10.9. The average Bonchev–Trinajstić information content (AvgIpc) is 2.98. The molecule has 1 unspecified atom stereocenters. The van der Waals surface area contributed by atoms with Crippen molar-refractivity contribution in [2.45, 2.75) is 19.4 Å². The fraction of sp³-hybridized carbons (Fsp3) is 0.188. The van der Waals surface area contributed by atoms with Crippen molar-refractivity contribution in [2.75, 3.05) is 5.32 Å². The summed E-state index contributed by atoms with van der Waals surface area (Å²) in [5.41, 5.74) is 2.26. The zero-order valence-corrected chi connectivity index (χ0v) is 10.9. The third-order valence-corrected chi connectivity index (χ3v) is 3.39. The Morgan fingerprint density at radius 3 is 2.74 bits per heavy atom. The number of hydrogen-bond acceptors (Lipinski definition) is 2. The van der Waals surface area contributed by atoms with E-state index in [9.17, 15) is 0 Å². The van der Waals surface area contributed by atoms with Gasteiger partial charge in [0, 0.05) is 5.69 Å². The van der Waals surface area contributed by atoms with Gasteiger partial charge in [0.15, 0.2) is 0 Å². The molecule has 1 atom stereocenters. The van der Waals surface area contributed by atoms with E-state index in [4.69, 9.17) is 0 Å². The summed E-state index contributed by atoms with van der Waals surface area (Å²) in [4.78, 5) is 7.26. The molecule has 0 spiro atoms. The zero-order chi connectivity index (χ0) is 13.1. The molecule has 1 heterocycles. The lowest BCUT2D eigenvalue weighted by Crippen LogP contribution is -2.09. The van der Waals surface area contributed by atoms with Crippen LogP contribution in [0.1, 0.15) is 25.1 Å². The van der Waals surface area contributed by atoms with Crippen LogP contribution in [0.3, 0.4) is 0 Å². The number of benzene rings is 2. The van der Waals surface area contributed by atoms with Crippen molar-refractivity contribution in [3.8, 4) is 0 Å². The van der Waals surface area contributed by atoms with Crippen molar-refractivity contribution < 1.29 is 0 Å². The van der Waals surface area contributed by atoms with E-state index in [2.05, 4.69) is 64.7 Å². The van der Waals surface area contributed by atoms with E-state index in [0.29, 0.717) is 0 Å². The maximum absolute atomic E-state index is 4.09. The lowest BCUT2D eigenvalue weighted by molar-refractivity contribution is 0.728. The van der Waals surface area contributed by atoms with Crippen LogP contribution in [0, 0.1) is 0 Å². The molecule has 3 heteroatoms. The summed E-state index contributed by atoms with van der Waals surface area (Å²) in [5, 5.41) is 6.07. The third-order valence-electron chi connectivity index (χ3n) is 3.39. The summed E-state index contributed by atoms with van der Waals surface area (Å²) in [6.07, 6.45) is 4.61. The summed E-state index contributed by atoms with van der Waals surface area (Å²) >= 11 is 0. The highest BCUT2D eigenvalue weighted by Crippen LogP contribution is 2.24. The number of aromatic amines is 1. The highest BCUT2D eigenvalue weighted by atomic mass is 15.0. The monoisotopic (exact) mass is 251 g/mol. The number of nitrogens with one attached hydrogen (secondary N) is 2. The van der Waals surface area contributed by atoms with E-state index in [1.807, 2.05) is 6.20 Å². The van der Waals surface area contributed by atoms with Gasteiger partial charge in [-0.3, -0.25) is 0 Å². The molecule has 0 saturated carbocycles. The van der Waals surface area contributed by atoms with Crippen molar-refractivity contribution in [3.63, 3.8) is 0 Å². The lowest BCUT2D eigenvalue weighted by Gasteiger charge is -2.17. The van der Waals surface area contributed by atoms with Crippen molar-refractivity contribution in [2.24, 2.45) is 0 Å². The van der Waals surface area contributed by atoms with Crippen molar-refractivity contribution in [1.29, 1.82) is 0 Å². The summed E-state index contributed by atoms with van der Waals surface area (Å²) in [6, 6.07) is 15.1. The molecule has 2 N–H and O–H groups in total. The minimum absolute atomic E-state index is 0.267. The molecule has 3 nitrogen and oxygen atoms in total. The van der Waals surface area contributed by atoms with Crippen molar-refractivity contribution >= 4 is 16.5 Å². The number of nitrogens with zero attached hydrogens (tertiary/aromatic N) is 1. The third kappa shape index (κ3) is 2.45. The number of fused-ring (bicyclic) bond motifs is 1. The van der Waals surface area contributed by atoms with Crippen LogP contribution in [-0.2, 0) is 0 Å². The van der Waals surface area contributed by atoms with E-state index in [1.165, 1.54) is 10.8 Å². The second kappa shape index (κ2) is 5.14. The second-order valence-corrected chi connectivity index (χ2v) is 4.67. The second-order valence-electron chi connectivity index (χ2n) is 4.67.